The van der Waals surface area contributed by atoms with Gasteiger partial charge in [-0.2, -0.15) is 0 Å². The molecule has 0 aromatic heterocycles. The molecule has 0 saturated heterocycles. The van der Waals surface area contributed by atoms with Crippen molar-refractivity contribution in [1.82, 2.24) is 4.90 Å². The number of esters is 1. The number of nitrogens with zero attached hydrogens (tertiary/aromatic N) is 1. The van der Waals surface area contributed by atoms with Gasteiger partial charge in [0.2, 0.25) is 5.91 Å². The zero-order chi connectivity index (χ0) is 11.1. The smallest absolute Gasteiger partial charge is 0.325 e. The minimum atomic E-state index is -0.688. The molecular weight excluding hydrogens is 186 g/mol. The van der Waals surface area contributed by atoms with Crippen LogP contribution in [-0.4, -0.2) is 48.2 Å². The highest BCUT2D eigenvalue weighted by atomic mass is 16.5. The van der Waals surface area contributed by atoms with E-state index in [4.69, 9.17) is 5.11 Å². The van der Waals surface area contributed by atoms with Gasteiger partial charge in [0, 0.05) is 7.05 Å². The molecule has 14 heavy (non-hydrogen) atoms. The Hall–Kier alpha value is -1.10. The summed E-state index contributed by atoms with van der Waals surface area (Å²) in [7, 11) is 1.50. The lowest BCUT2D eigenvalue weighted by Gasteiger charge is -2.16. The Bertz CT molecular complexity index is 203. The normalized spacial score (nSPS) is 12.0. The molecule has 1 N–H and O–H groups in total. The van der Waals surface area contributed by atoms with Crippen LogP contribution in [-0.2, 0) is 14.3 Å². The predicted octanol–water partition coefficient (Wildman–Crippen LogP) is -0.221. The Morgan fingerprint density at radius 2 is 2.07 bits per heavy atom. The van der Waals surface area contributed by atoms with E-state index in [0.717, 1.165) is 0 Å². The van der Waals surface area contributed by atoms with E-state index in [1.165, 1.54) is 18.9 Å². The molecule has 0 aromatic rings. The second-order valence-corrected chi connectivity index (χ2v) is 3.11. The number of amides is 1. The van der Waals surface area contributed by atoms with Crippen LogP contribution in [0.15, 0.2) is 0 Å². The Labute approximate surface area is 83.6 Å². The lowest BCUT2D eigenvalue weighted by molar-refractivity contribution is -0.148. The molecule has 0 rings (SSSR count). The zero-order valence-electron chi connectivity index (χ0n) is 8.82. The molecule has 0 aliphatic heterocycles. The summed E-state index contributed by atoms with van der Waals surface area (Å²) in [6.45, 7) is 3.46. The number of aliphatic hydroxyl groups is 1. The largest absolute Gasteiger partial charge is 0.465 e. The Balaban J connectivity index is 3.88. The van der Waals surface area contributed by atoms with E-state index in [0.29, 0.717) is 6.61 Å². The molecular formula is C9H17NO4. The third-order valence-electron chi connectivity index (χ3n) is 1.57. The zero-order valence-corrected chi connectivity index (χ0v) is 8.82. The van der Waals surface area contributed by atoms with Gasteiger partial charge in [0.25, 0.3) is 0 Å². The Morgan fingerprint density at radius 3 is 2.50 bits per heavy atom. The second-order valence-electron chi connectivity index (χ2n) is 3.11. The third-order valence-corrected chi connectivity index (χ3v) is 1.57. The summed E-state index contributed by atoms with van der Waals surface area (Å²) in [5.74, 6) is -0.706. The maximum atomic E-state index is 11.3. The van der Waals surface area contributed by atoms with Crippen molar-refractivity contribution in [3.63, 3.8) is 0 Å². The van der Waals surface area contributed by atoms with Crippen molar-refractivity contribution in [1.29, 1.82) is 0 Å². The van der Waals surface area contributed by atoms with Crippen LogP contribution < -0.4 is 0 Å². The van der Waals surface area contributed by atoms with Crippen molar-refractivity contribution < 1.29 is 19.4 Å². The number of ether oxygens (including phenoxy) is 1. The fourth-order valence-electron chi connectivity index (χ4n) is 0.897. The summed E-state index contributed by atoms with van der Waals surface area (Å²) < 4.78 is 4.67. The van der Waals surface area contributed by atoms with Crippen molar-refractivity contribution in [3.8, 4) is 0 Å². The first-order valence-corrected chi connectivity index (χ1v) is 4.55. The van der Waals surface area contributed by atoms with Crippen LogP contribution in [0, 0.1) is 0 Å². The topological polar surface area (TPSA) is 66.8 Å². The summed E-state index contributed by atoms with van der Waals surface area (Å²) in [5, 5.41) is 8.95. The fourth-order valence-corrected chi connectivity index (χ4v) is 0.897. The first kappa shape index (κ1) is 12.9. The van der Waals surface area contributed by atoms with Gasteiger partial charge in [-0.3, -0.25) is 9.59 Å². The molecule has 5 nitrogen and oxygen atoms in total. The van der Waals surface area contributed by atoms with Gasteiger partial charge in [0.05, 0.1) is 19.1 Å². The van der Waals surface area contributed by atoms with E-state index < -0.39 is 12.1 Å². The van der Waals surface area contributed by atoms with Crippen LogP contribution in [0.2, 0.25) is 0 Å². The average Bonchev–Trinajstić information content (AvgIpc) is 2.02. The number of aliphatic hydroxyl groups excluding tert-OH is 1. The molecule has 0 saturated carbocycles. The van der Waals surface area contributed by atoms with Gasteiger partial charge in [-0.25, -0.2) is 0 Å². The van der Waals surface area contributed by atoms with Gasteiger partial charge in [-0.15, -0.1) is 0 Å². The van der Waals surface area contributed by atoms with E-state index in [9.17, 15) is 9.59 Å². The Morgan fingerprint density at radius 1 is 1.50 bits per heavy atom. The fraction of sp³-hybridized carbons (Fsp3) is 0.778. The van der Waals surface area contributed by atoms with E-state index in [1.807, 2.05) is 0 Å². The molecule has 0 aromatic carbocycles. The van der Waals surface area contributed by atoms with Crippen LogP contribution in [0.3, 0.4) is 0 Å². The molecule has 5 heteroatoms. The minimum Gasteiger partial charge on any atom is -0.465 e. The monoisotopic (exact) mass is 203 g/mol. The first-order chi connectivity index (χ1) is 6.47. The lowest BCUT2D eigenvalue weighted by Crippen LogP contribution is -2.34. The highest BCUT2D eigenvalue weighted by molar-refractivity contribution is 5.82. The maximum Gasteiger partial charge on any atom is 0.325 e. The number of hydrogen-bond acceptors (Lipinski definition) is 4. The number of carbonyl (C=O) groups excluding carboxylic acids is 2. The molecule has 0 bridgehead atoms. The highest BCUT2D eigenvalue weighted by Crippen LogP contribution is 1.96. The predicted molar refractivity (Wildman–Crippen MR) is 50.6 cm³/mol. The number of hydrogen-bond donors (Lipinski definition) is 1. The van der Waals surface area contributed by atoms with Crippen molar-refractivity contribution >= 4 is 11.9 Å². The van der Waals surface area contributed by atoms with Crippen molar-refractivity contribution in [2.45, 2.75) is 26.4 Å². The summed E-state index contributed by atoms with van der Waals surface area (Å²) in [6.07, 6.45) is -0.664. The van der Waals surface area contributed by atoms with Crippen LogP contribution in [0.5, 0.6) is 0 Å². The summed E-state index contributed by atoms with van der Waals surface area (Å²) >= 11 is 0. The number of rotatable bonds is 5. The van der Waals surface area contributed by atoms with Gasteiger partial charge in [0.15, 0.2) is 0 Å². The van der Waals surface area contributed by atoms with Crippen molar-refractivity contribution in [2.75, 3.05) is 20.2 Å². The molecule has 1 amide bonds. The lowest BCUT2D eigenvalue weighted by atomic mass is 10.2. The molecule has 82 valence electrons. The maximum absolute atomic E-state index is 11.3. The van der Waals surface area contributed by atoms with Crippen LogP contribution in [0.25, 0.3) is 0 Å². The molecule has 0 spiro atoms. The molecule has 0 unspecified atom stereocenters. The molecule has 1 atom stereocenters. The second kappa shape index (κ2) is 6.37. The van der Waals surface area contributed by atoms with Gasteiger partial charge in [-0.05, 0) is 13.8 Å². The molecule has 0 radical (unpaired) electrons. The van der Waals surface area contributed by atoms with Gasteiger partial charge < -0.3 is 14.7 Å². The minimum absolute atomic E-state index is 0.0237. The molecule has 0 aliphatic carbocycles. The highest BCUT2D eigenvalue weighted by Gasteiger charge is 2.14. The SMILES string of the molecule is CCOC(=O)CN(C)C(=O)C[C@H](C)O. The standard InChI is InChI=1S/C9H17NO4/c1-4-14-9(13)6-10(3)8(12)5-7(2)11/h7,11H,4-6H2,1-3H3/t7-/m0/s1. The van der Waals surface area contributed by atoms with E-state index in [-0.39, 0.29) is 18.9 Å². The molecule has 0 aliphatic rings. The van der Waals surface area contributed by atoms with Gasteiger partial charge in [0.1, 0.15) is 6.54 Å². The first-order valence-electron chi connectivity index (χ1n) is 4.55. The van der Waals surface area contributed by atoms with Crippen LogP contribution >= 0.6 is 0 Å². The van der Waals surface area contributed by atoms with E-state index in [1.54, 1.807) is 6.92 Å². The summed E-state index contributed by atoms with van der Waals surface area (Å²) in [6, 6.07) is 0. The van der Waals surface area contributed by atoms with Crippen LogP contribution in [0.1, 0.15) is 20.3 Å². The molecule has 0 fully saturated rings. The summed E-state index contributed by atoms with van der Waals surface area (Å²) in [4.78, 5) is 23.5. The summed E-state index contributed by atoms with van der Waals surface area (Å²) in [5.41, 5.74) is 0. The van der Waals surface area contributed by atoms with E-state index >= 15 is 0 Å². The number of carbonyl (C=O) groups is 2. The third kappa shape index (κ3) is 5.53. The van der Waals surface area contributed by atoms with Crippen molar-refractivity contribution in [3.05, 3.63) is 0 Å². The van der Waals surface area contributed by atoms with Crippen molar-refractivity contribution in [2.24, 2.45) is 0 Å². The van der Waals surface area contributed by atoms with Gasteiger partial charge >= 0.3 is 5.97 Å². The number of likely N-dealkylation sites (N-methyl/N-ethyl adjacent to an activating group) is 1. The molecule has 0 heterocycles. The van der Waals surface area contributed by atoms with E-state index in [2.05, 4.69) is 4.74 Å². The quantitative estimate of drug-likeness (QED) is 0.627. The van der Waals surface area contributed by atoms with Crippen LogP contribution in [0.4, 0.5) is 0 Å². The average molecular weight is 203 g/mol. The Kier molecular flexibility index (Phi) is 5.87. The van der Waals surface area contributed by atoms with Gasteiger partial charge in [-0.1, -0.05) is 0 Å².